The summed E-state index contributed by atoms with van der Waals surface area (Å²) >= 11 is 1.18. The highest BCUT2D eigenvalue weighted by atomic mass is 32.2. The molecule has 0 saturated carbocycles. The van der Waals surface area contributed by atoms with Crippen molar-refractivity contribution in [3.05, 3.63) is 5.51 Å². The maximum Gasteiger partial charge on any atom is 0.234 e. The molecule has 1 rings (SSSR count). The molecule has 6 nitrogen and oxygen atoms in total. The number of unbranched alkanes of at least 4 members (excludes halogenated alkanes) is 1. The first-order valence-corrected chi connectivity index (χ1v) is 8.14. The van der Waals surface area contributed by atoms with Crippen LogP contribution in [0.4, 0.5) is 5.13 Å². The molecule has 0 unspecified atom stereocenters. The van der Waals surface area contributed by atoms with E-state index in [-0.39, 0.29) is 5.75 Å². The number of hydrogen-bond donors (Lipinski definition) is 2. The average Bonchev–Trinajstić information content (AvgIpc) is 2.75. The zero-order valence-electron chi connectivity index (χ0n) is 9.85. The van der Waals surface area contributed by atoms with E-state index in [9.17, 15) is 8.42 Å². The summed E-state index contributed by atoms with van der Waals surface area (Å²) in [5.41, 5.74) is 1.49. The number of anilines is 1. The van der Waals surface area contributed by atoms with Crippen LogP contribution in [0.3, 0.4) is 0 Å². The molecule has 0 radical (unpaired) electrons. The molecule has 0 aliphatic carbocycles. The molecule has 0 aromatic carbocycles. The van der Waals surface area contributed by atoms with Crippen molar-refractivity contribution in [3.8, 4) is 0 Å². The van der Waals surface area contributed by atoms with Crippen LogP contribution in [0.5, 0.6) is 0 Å². The Bertz CT molecular complexity index is 391. The van der Waals surface area contributed by atoms with Crippen molar-refractivity contribution in [1.82, 2.24) is 15.5 Å². The molecule has 1 aromatic rings. The standard InChI is InChI=1S/C9H18N4O2S2/c1-2-5-10-6-3-4-7-17(14,15)13-9-12-11-8-16-9/h8,10H,2-7H2,1H3,(H,12,13). The van der Waals surface area contributed by atoms with Crippen molar-refractivity contribution in [2.75, 3.05) is 23.6 Å². The van der Waals surface area contributed by atoms with Gasteiger partial charge in [-0.25, -0.2) is 8.42 Å². The lowest BCUT2D eigenvalue weighted by Crippen LogP contribution is -2.19. The van der Waals surface area contributed by atoms with Gasteiger partial charge in [0.2, 0.25) is 15.2 Å². The highest BCUT2D eigenvalue weighted by molar-refractivity contribution is 7.92. The second-order valence-electron chi connectivity index (χ2n) is 3.62. The smallest absolute Gasteiger partial charge is 0.234 e. The third-order valence-electron chi connectivity index (χ3n) is 2.05. The molecule has 0 aliphatic rings. The van der Waals surface area contributed by atoms with Crippen LogP contribution in [-0.4, -0.2) is 37.5 Å². The molecule has 0 aliphatic heterocycles. The van der Waals surface area contributed by atoms with Gasteiger partial charge in [-0.15, -0.1) is 10.2 Å². The minimum Gasteiger partial charge on any atom is -0.317 e. The number of rotatable bonds is 9. The van der Waals surface area contributed by atoms with Crippen LogP contribution in [0.1, 0.15) is 26.2 Å². The summed E-state index contributed by atoms with van der Waals surface area (Å²) in [6, 6.07) is 0. The Morgan fingerprint density at radius 2 is 2.18 bits per heavy atom. The average molecular weight is 278 g/mol. The molecular formula is C9H18N4O2S2. The van der Waals surface area contributed by atoms with Crippen LogP contribution in [0, 0.1) is 0 Å². The fourth-order valence-electron chi connectivity index (χ4n) is 1.25. The predicted molar refractivity (Wildman–Crippen MR) is 69.7 cm³/mol. The van der Waals surface area contributed by atoms with E-state index in [1.807, 2.05) is 0 Å². The third-order valence-corrected chi connectivity index (χ3v) is 4.11. The summed E-state index contributed by atoms with van der Waals surface area (Å²) in [5.74, 6) is 0.125. The Morgan fingerprint density at radius 3 is 2.82 bits per heavy atom. The lowest BCUT2D eigenvalue weighted by atomic mass is 10.3. The molecule has 1 aromatic heterocycles. The van der Waals surface area contributed by atoms with E-state index in [1.54, 1.807) is 0 Å². The van der Waals surface area contributed by atoms with Crippen LogP contribution in [-0.2, 0) is 10.0 Å². The van der Waals surface area contributed by atoms with E-state index in [0.717, 1.165) is 25.9 Å². The van der Waals surface area contributed by atoms with Crippen molar-refractivity contribution >= 4 is 26.5 Å². The van der Waals surface area contributed by atoms with Gasteiger partial charge in [0.05, 0.1) is 5.75 Å². The lowest BCUT2D eigenvalue weighted by molar-refractivity contribution is 0.590. The van der Waals surface area contributed by atoms with Gasteiger partial charge in [0.15, 0.2) is 0 Å². The molecule has 0 saturated heterocycles. The zero-order chi connectivity index (χ0) is 12.6. The Labute approximate surface area is 106 Å². The summed E-state index contributed by atoms with van der Waals surface area (Å²) in [6.45, 7) is 3.95. The molecule has 0 amide bonds. The maximum absolute atomic E-state index is 11.6. The Balaban J connectivity index is 2.17. The largest absolute Gasteiger partial charge is 0.317 e. The zero-order valence-corrected chi connectivity index (χ0v) is 11.5. The molecule has 98 valence electrons. The minimum absolute atomic E-state index is 0.125. The highest BCUT2D eigenvalue weighted by Crippen LogP contribution is 2.11. The quantitative estimate of drug-likeness (QED) is 0.660. The fourth-order valence-corrected chi connectivity index (χ4v) is 3.10. The summed E-state index contributed by atoms with van der Waals surface area (Å²) < 4.78 is 25.6. The molecule has 2 N–H and O–H groups in total. The van der Waals surface area contributed by atoms with Crippen molar-refractivity contribution in [1.29, 1.82) is 0 Å². The molecular weight excluding hydrogens is 260 g/mol. The second-order valence-corrected chi connectivity index (χ2v) is 6.30. The number of aromatic nitrogens is 2. The van der Waals surface area contributed by atoms with Crippen LogP contribution in [0.15, 0.2) is 5.51 Å². The first-order chi connectivity index (χ1) is 8.14. The summed E-state index contributed by atoms with van der Waals surface area (Å²) in [6.07, 6.45) is 2.60. The van der Waals surface area contributed by atoms with Crippen molar-refractivity contribution in [2.24, 2.45) is 0 Å². The molecule has 0 fully saturated rings. The highest BCUT2D eigenvalue weighted by Gasteiger charge is 2.11. The number of hydrogen-bond acceptors (Lipinski definition) is 6. The predicted octanol–water partition coefficient (Wildman–Crippen LogP) is 1.06. The van der Waals surface area contributed by atoms with E-state index in [0.29, 0.717) is 11.6 Å². The van der Waals surface area contributed by atoms with Crippen LogP contribution in [0.25, 0.3) is 0 Å². The topological polar surface area (TPSA) is 84.0 Å². The second kappa shape index (κ2) is 7.57. The first-order valence-electron chi connectivity index (χ1n) is 5.61. The van der Waals surface area contributed by atoms with Gasteiger partial charge in [0, 0.05) is 0 Å². The summed E-state index contributed by atoms with van der Waals surface area (Å²) in [7, 11) is -3.27. The van der Waals surface area contributed by atoms with Crippen molar-refractivity contribution in [3.63, 3.8) is 0 Å². The van der Waals surface area contributed by atoms with Crippen LogP contribution in [0.2, 0.25) is 0 Å². The Morgan fingerprint density at radius 1 is 1.35 bits per heavy atom. The van der Waals surface area contributed by atoms with Crippen molar-refractivity contribution < 1.29 is 8.42 Å². The monoisotopic (exact) mass is 278 g/mol. The molecule has 0 bridgehead atoms. The SMILES string of the molecule is CCCNCCCCS(=O)(=O)Nc1nncs1. The third kappa shape index (κ3) is 6.54. The maximum atomic E-state index is 11.6. The summed E-state index contributed by atoms with van der Waals surface area (Å²) in [4.78, 5) is 0. The van der Waals surface area contributed by atoms with Crippen molar-refractivity contribution in [2.45, 2.75) is 26.2 Å². The van der Waals surface area contributed by atoms with E-state index in [4.69, 9.17) is 0 Å². The van der Waals surface area contributed by atoms with Crippen LogP contribution < -0.4 is 10.0 Å². The first kappa shape index (κ1) is 14.3. The summed E-state index contributed by atoms with van der Waals surface area (Å²) in [5, 5.41) is 10.8. The van der Waals surface area contributed by atoms with E-state index >= 15 is 0 Å². The van der Waals surface area contributed by atoms with Gasteiger partial charge in [-0.05, 0) is 32.4 Å². The van der Waals surface area contributed by atoms with Gasteiger partial charge >= 0.3 is 0 Å². The Hall–Kier alpha value is -0.730. The van der Waals surface area contributed by atoms with Gasteiger partial charge < -0.3 is 5.32 Å². The molecule has 0 spiro atoms. The molecule has 0 atom stereocenters. The molecule has 8 heteroatoms. The van der Waals surface area contributed by atoms with Gasteiger partial charge in [0.1, 0.15) is 5.51 Å². The van der Waals surface area contributed by atoms with Gasteiger partial charge in [-0.3, -0.25) is 4.72 Å². The van der Waals surface area contributed by atoms with Gasteiger partial charge in [0.25, 0.3) is 0 Å². The lowest BCUT2D eigenvalue weighted by Gasteiger charge is -2.05. The van der Waals surface area contributed by atoms with Gasteiger partial charge in [-0.1, -0.05) is 18.3 Å². The van der Waals surface area contributed by atoms with E-state index in [1.165, 1.54) is 16.8 Å². The molecule has 1 heterocycles. The van der Waals surface area contributed by atoms with E-state index in [2.05, 4.69) is 27.2 Å². The minimum atomic E-state index is -3.27. The number of nitrogens with one attached hydrogen (secondary N) is 2. The van der Waals surface area contributed by atoms with Gasteiger partial charge in [-0.2, -0.15) is 0 Å². The van der Waals surface area contributed by atoms with Crippen LogP contribution >= 0.6 is 11.3 Å². The number of sulfonamides is 1. The number of nitrogens with zero attached hydrogens (tertiary/aromatic N) is 2. The normalized spacial score (nSPS) is 11.6. The Kier molecular flexibility index (Phi) is 6.38. The van der Waals surface area contributed by atoms with E-state index < -0.39 is 10.0 Å². The fraction of sp³-hybridized carbons (Fsp3) is 0.778. The molecule has 17 heavy (non-hydrogen) atoms.